The van der Waals surface area contributed by atoms with Gasteiger partial charge in [0.15, 0.2) is 0 Å². The number of hydrogen-bond acceptors (Lipinski definition) is 3. The van der Waals surface area contributed by atoms with E-state index in [1.165, 1.54) is 29.8 Å². The van der Waals surface area contributed by atoms with Crippen molar-refractivity contribution >= 4 is 46.8 Å². The number of likely N-dealkylation sites (N-methyl/N-ethyl adjacent to an activating group) is 1. The van der Waals surface area contributed by atoms with Crippen LogP contribution in [-0.2, 0) is 28.3 Å². The third kappa shape index (κ3) is 6.98. The Morgan fingerprint density at radius 1 is 0.971 bits per heavy atom. The number of benzene rings is 3. The zero-order valence-corrected chi connectivity index (χ0v) is 21.0. The molecular formula is C26H25Cl2FN2O2S. The predicted molar refractivity (Wildman–Crippen MR) is 138 cm³/mol. The van der Waals surface area contributed by atoms with Crippen LogP contribution in [0, 0.1) is 5.82 Å². The average Bonchev–Trinajstić information content (AvgIpc) is 2.84. The summed E-state index contributed by atoms with van der Waals surface area (Å²) in [7, 11) is 1.53. The van der Waals surface area contributed by atoms with Crippen molar-refractivity contribution in [1.29, 1.82) is 0 Å². The standard InChI is InChI=1S/C26H25Cl2FN2O2S/c1-30-26(33)24(14-18-8-3-2-4-9-18)31(15-19-10-5-6-13-23(19)29)25(32)17-34-16-20-21(27)11-7-12-22(20)28/h2-13,24H,14-17H2,1H3,(H,30,33)/t24-/m0/s1. The van der Waals surface area contributed by atoms with Gasteiger partial charge in [-0.3, -0.25) is 9.59 Å². The van der Waals surface area contributed by atoms with Crippen molar-refractivity contribution in [3.63, 3.8) is 0 Å². The van der Waals surface area contributed by atoms with Gasteiger partial charge in [0, 0.05) is 41.4 Å². The first kappa shape index (κ1) is 26.1. The van der Waals surface area contributed by atoms with Gasteiger partial charge >= 0.3 is 0 Å². The molecule has 8 heteroatoms. The summed E-state index contributed by atoms with van der Waals surface area (Å²) < 4.78 is 14.5. The number of halogens is 3. The minimum Gasteiger partial charge on any atom is -0.357 e. The monoisotopic (exact) mass is 518 g/mol. The number of nitrogens with one attached hydrogen (secondary N) is 1. The molecule has 0 aromatic heterocycles. The Balaban J connectivity index is 1.84. The maximum absolute atomic E-state index is 14.5. The first-order valence-corrected chi connectivity index (χ1v) is 12.6. The Kier molecular flexibility index (Phi) is 9.81. The van der Waals surface area contributed by atoms with Gasteiger partial charge in [-0.05, 0) is 29.3 Å². The van der Waals surface area contributed by atoms with Gasteiger partial charge < -0.3 is 10.2 Å². The number of thioether (sulfide) groups is 1. The lowest BCUT2D eigenvalue weighted by molar-refractivity contribution is -0.139. The SMILES string of the molecule is CNC(=O)[C@H](Cc1ccccc1)N(Cc1ccccc1F)C(=O)CSCc1c(Cl)cccc1Cl. The van der Waals surface area contributed by atoms with Gasteiger partial charge in [-0.25, -0.2) is 4.39 Å². The second-order valence-electron chi connectivity index (χ2n) is 7.63. The second-order valence-corrected chi connectivity index (χ2v) is 9.43. The second kappa shape index (κ2) is 12.8. The molecule has 3 rings (SSSR count). The molecule has 0 spiro atoms. The van der Waals surface area contributed by atoms with Crippen molar-refractivity contribution < 1.29 is 14.0 Å². The van der Waals surface area contributed by atoms with E-state index in [0.717, 1.165) is 11.1 Å². The first-order chi connectivity index (χ1) is 16.4. The molecule has 0 heterocycles. The molecule has 0 fully saturated rings. The van der Waals surface area contributed by atoms with Crippen LogP contribution in [0.1, 0.15) is 16.7 Å². The highest BCUT2D eigenvalue weighted by molar-refractivity contribution is 7.99. The van der Waals surface area contributed by atoms with Crippen LogP contribution in [0.3, 0.4) is 0 Å². The van der Waals surface area contributed by atoms with E-state index in [1.807, 2.05) is 30.3 Å². The van der Waals surface area contributed by atoms with E-state index < -0.39 is 11.9 Å². The smallest absolute Gasteiger partial charge is 0.242 e. The molecule has 0 radical (unpaired) electrons. The van der Waals surface area contributed by atoms with E-state index in [2.05, 4.69) is 5.32 Å². The summed E-state index contributed by atoms with van der Waals surface area (Å²) in [5, 5.41) is 3.71. The summed E-state index contributed by atoms with van der Waals surface area (Å²) in [4.78, 5) is 27.7. The number of carbonyl (C=O) groups excluding carboxylic acids is 2. The molecule has 178 valence electrons. The van der Waals surface area contributed by atoms with Crippen LogP contribution >= 0.6 is 35.0 Å². The fourth-order valence-corrected chi connectivity index (χ4v) is 5.17. The van der Waals surface area contributed by atoms with Gasteiger partial charge in [0.25, 0.3) is 0 Å². The number of hydrogen-bond donors (Lipinski definition) is 1. The first-order valence-electron chi connectivity index (χ1n) is 10.7. The molecule has 0 saturated carbocycles. The van der Waals surface area contributed by atoms with Crippen LogP contribution in [0.15, 0.2) is 72.8 Å². The Morgan fingerprint density at radius 3 is 2.26 bits per heavy atom. The molecule has 3 aromatic carbocycles. The van der Waals surface area contributed by atoms with Crippen LogP contribution in [0.4, 0.5) is 4.39 Å². The molecule has 1 N–H and O–H groups in total. The lowest BCUT2D eigenvalue weighted by atomic mass is 10.0. The Bertz CT molecular complexity index is 1110. The molecule has 3 aromatic rings. The Labute approximate surface area is 213 Å². The summed E-state index contributed by atoms with van der Waals surface area (Å²) >= 11 is 13.8. The van der Waals surface area contributed by atoms with Crippen molar-refractivity contribution in [2.75, 3.05) is 12.8 Å². The van der Waals surface area contributed by atoms with Gasteiger partial charge in [-0.2, -0.15) is 0 Å². The molecule has 2 amide bonds. The van der Waals surface area contributed by atoms with Crippen molar-refractivity contribution in [2.45, 2.75) is 24.8 Å². The van der Waals surface area contributed by atoms with Gasteiger partial charge in [-0.1, -0.05) is 77.8 Å². The van der Waals surface area contributed by atoms with Crippen LogP contribution in [-0.4, -0.2) is 35.6 Å². The summed E-state index contributed by atoms with van der Waals surface area (Å²) in [6, 6.07) is 20.2. The Hall–Kier alpha value is -2.54. The van der Waals surface area contributed by atoms with Crippen LogP contribution in [0.25, 0.3) is 0 Å². The molecular weight excluding hydrogens is 494 g/mol. The van der Waals surface area contributed by atoms with E-state index >= 15 is 0 Å². The molecule has 0 aliphatic carbocycles. The fourth-order valence-electron chi connectivity index (χ4n) is 3.52. The third-order valence-corrected chi connectivity index (χ3v) is 7.00. The highest BCUT2D eigenvalue weighted by Gasteiger charge is 2.30. The van der Waals surface area contributed by atoms with Gasteiger partial charge in [-0.15, -0.1) is 11.8 Å². The Morgan fingerprint density at radius 2 is 1.62 bits per heavy atom. The molecule has 4 nitrogen and oxygen atoms in total. The van der Waals surface area contributed by atoms with E-state index in [1.54, 1.807) is 36.4 Å². The van der Waals surface area contributed by atoms with Crippen LogP contribution in [0.2, 0.25) is 10.0 Å². The molecule has 0 bridgehead atoms. The van der Waals surface area contributed by atoms with E-state index in [-0.39, 0.29) is 24.1 Å². The zero-order chi connectivity index (χ0) is 24.5. The lowest BCUT2D eigenvalue weighted by Crippen LogP contribution is -2.50. The predicted octanol–water partition coefficient (Wildman–Crippen LogP) is 5.75. The maximum Gasteiger partial charge on any atom is 0.242 e. The van der Waals surface area contributed by atoms with E-state index in [4.69, 9.17) is 23.2 Å². The number of carbonyl (C=O) groups is 2. The van der Waals surface area contributed by atoms with Crippen LogP contribution < -0.4 is 5.32 Å². The van der Waals surface area contributed by atoms with Gasteiger partial charge in [0.05, 0.1) is 5.75 Å². The summed E-state index contributed by atoms with van der Waals surface area (Å²) in [6.45, 7) is -0.0240. The largest absolute Gasteiger partial charge is 0.357 e. The summed E-state index contributed by atoms with van der Waals surface area (Å²) in [6.07, 6.45) is 0.307. The number of amides is 2. The van der Waals surface area contributed by atoms with E-state index in [9.17, 15) is 14.0 Å². The molecule has 0 aliphatic rings. The molecule has 0 saturated heterocycles. The minimum atomic E-state index is -0.802. The van der Waals surface area contributed by atoms with Crippen molar-refractivity contribution in [3.8, 4) is 0 Å². The average molecular weight is 519 g/mol. The normalized spacial score (nSPS) is 11.6. The fraction of sp³-hybridized carbons (Fsp3) is 0.231. The number of rotatable bonds is 10. The van der Waals surface area contributed by atoms with Crippen LogP contribution in [0.5, 0.6) is 0 Å². The van der Waals surface area contributed by atoms with Gasteiger partial charge in [0.1, 0.15) is 11.9 Å². The van der Waals surface area contributed by atoms with Gasteiger partial charge in [0.2, 0.25) is 11.8 Å². The molecule has 34 heavy (non-hydrogen) atoms. The quantitative estimate of drug-likeness (QED) is 0.371. The lowest BCUT2D eigenvalue weighted by Gasteiger charge is -2.31. The summed E-state index contributed by atoms with van der Waals surface area (Å²) in [5.41, 5.74) is 1.99. The van der Waals surface area contributed by atoms with Crippen molar-refractivity contribution in [2.24, 2.45) is 0 Å². The highest BCUT2D eigenvalue weighted by atomic mass is 35.5. The zero-order valence-electron chi connectivity index (χ0n) is 18.6. The maximum atomic E-state index is 14.5. The molecule has 0 unspecified atom stereocenters. The van der Waals surface area contributed by atoms with Crippen molar-refractivity contribution in [1.82, 2.24) is 10.2 Å². The minimum absolute atomic E-state index is 0.0240. The summed E-state index contributed by atoms with van der Waals surface area (Å²) in [5.74, 6) is -0.501. The topological polar surface area (TPSA) is 49.4 Å². The highest BCUT2D eigenvalue weighted by Crippen LogP contribution is 2.28. The molecule has 1 atom stereocenters. The molecule has 0 aliphatic heterocycles. The van der Waals surface area contributed by atoms with Crippen molar-refractivity contribution in [3.05, 3.63) is 105 Å². The number of nitrogens with zero attached hydrogens (tertiary/aromatic N) is 1. The van der Waals surface area contributed by atoms with E-state index in [0.29, 0.717) is 27.8 Å². The third-order valence-electron chi connectivity index (χ3n) is 5.35.